The van der Waals surface area contributed by atoms with Crippen molar-refractivity contribution in [3.8, 4) is 0 Å². The van der Waals surface area contributed by atoms with E-state index in [1.807, 2.05) is 18.2 Å². The number of carboxylic acids is 1. The van der Waals surface area contributed by atoms with Crippen LogP contribution in [0.1, 0.15) is 18.1 Å². The van der Waals surface area contributed by atoms with Crippen LogP contribution in [-0.4, -0.2) is 41.1 Å². The highest BCUT2D eigenvalue weighted by Gasteiger charge is 2.35. The zero-order valence-corrected chi connectivity index (χ0v) is 12.7. The molecule has 0 aromatic heterocycles. The summed E-state index contributed by atoms with van der Waals surface area (Å²) in [5.41, 5.74) is 1.93. The molecule has 2 rings (SSSR count). The van der Waals surface area contributed by atoms with Crippen molar-refractivity contribution in [2.45, 2.75) is 25.9 Å². The van der Waals surface area contributed by atoms with E-state index in [-0.39, 0.29) is 12.5 Å². The molecule has 108 valence electrons. The number of aliphatic carboxylic acids is 1. The lowest BCUT2D eigenvalue weighted by Crippen LogP contribution is -2.49. The van der Waals surface area contributed by atoms with Crippen LogP contribution < -0.4 is 0 Å². The molecule has 5 nitrogen and oxygen atoms in total. The van der Waals surface area contributed by atoms with Crippen LogP contribution >= 0.6 is 15.9 Å². The van der Waals surface area contributed by atoms with Gasteiger partial charge in [0, 0.05) is 24.0 Å². The van der Waals surface area contributed by atoms with E-state index in [0.29, 0.717) is 19.6 Å². The maximum Gasteiger partial charge on any atom is 0.326 e. The smallest absolute Gasteiger partial charge is 0.326 e. The van der Waals surface area contributed by atoms with Gasteiger partial charge in [-0.25, -0.2) is 4.79 Å². The predicted molar refractivity (Wildman–Crippen MR) is 76.3 cm³/mol. The Hall–Kier alpha value is -1.40. The monoisotopic (exact) mass is 341 g/mol. The predicted octanol–water partition coefficient (Wildman–Crippen LogP) is 1.82. The number of fused-ring (bicyclic) bond motifs is 1. The summed E-state index contributed by atoms with van der Waals surface area (Å²) in [7, 11) is 0. The zero-order valence-electron chi connectivity index (χ0n) is 11.1. The Morgan fingerprint density at radius 2 is 2.25 bits per heavy atom. The Kier molecular flexibility index (Phi) is 4.77. The van der Waals surface area contributed by atoms with Gasteiger partial charge in [0.1, 0.15) is 12.6 Å². The standard InChI is InChI=1S/C14H16BrNO4/c1-2-20-8-13(17)16-7-9-4-3-5-11(15)10(9)6-12(16)14(18)19/h3-5,12H,2,6-8H2,1H3,(H,18,19). The van der Waals surface area contributed by atoms with Crippen LogP contribution in [0, 0.1) is 0 Å². The maximum absolute atomic E-state index is 12.1. The molecule has 1 unspecified atom stereocenters. The number of hydrogen-bond acceptors (Lipinski definition) is 3. The molecular weight excluding hydrogens is 326 g/mol. The van der Waals surface area contributed by atoms with Crippen LogP contribution in [0.15, 0.2) is 22.7 Å². The summed E-state index contributed by atoms with van der Waals surface area (Å²) in [5, 5.41) is 9.35. The van der Waals surface area contributed by atoms with Gasteiger partial charge in [0.05, 0.1) is 0 Å². The second-order valence-corrected chi connectivity index (χ2v) is 5.45. The second kappa shape index (κ2) is 6.37. The summed E-state index contributed by atoms with van der Waals surface area (Å²) in [6.07, 6.45) is 0.309. The molecule has 0 aliphatic carbocycles. The summed E-state index contributed by atoms with van der Waals surface area (Å²) in [6, 6.07) is 4.85. The van der Waals surface area contributed by atoms with Gasteiger partial charge in [0.15, 0.2) is 0 Å². The number of nitrogens with zero attached hydrogens (tertiary/aromatic N) is 1. The zero-order chi connectivity index (χ0) is 14.7. The normalized spacial score (nSPS) is 17.7. The molecule has 1 aliphatic rings. The molecular formula is C14H16BrNO4. The second-order valence-electron chi connectivity index (χ2n) is 4.59. The first-order chi connectivity index (χ1) is 9.54. The molecule has 0 radical (unpaired) electrons. The Bertz CT molecular complexity index is 532. The third kappa shape index (κ3) is 3.02. The third-order valence-electron chi connectivity index (χ3n) is 3.37. The highest BCUT2D eigenvalue weighted by Crippen LogP contribution is 2.29. The number of carboxylic acid groups (broad SMARTS) is 1. The van der Waals surface area contributed by atoms with Crippen molar-refractivity contribution in [1.82, 2.24) is 4.90 Å². The van der Waals surface area contributed by atoms with Gasteiger partial charge in [-0.05, 0) is 24.1 Å². The lowest BCUT2D eigenvalue weighted by molar-refractivity contribution is -0.153. The molecule has 1 amide bonds. The lowest BCUT2D eigenvalue weighted by Gasteiger charge is -2.34. The fraction of sp³-hybridized carbons (Fsp3) is 0.429. The molecule has 1 N–H and O–H groups in total. The summed E-state index contributed by atoms with van der Waals surface area (Å²) < 4.78 is 5.98. The molecule has 20 heavy (non-hydrogen) atoms. The third-order valence-corrected chi connectivity index (χ3v) is 4.11. The number of carbonyl (C=O) groups excluding carboxylic acids is 1. The number of rotatable bonds is 4. The van der Waals surface area contributed by atoms with E-state index < -0.39 is 12.0 Å². The molecule has 0 bridgehead atoms. The summed E-state index contributed by atoms with van der Waals surface area (Å²) in [6.45, 7) is 2.45. The van der Waals surface area contributed by atoms with E-state index in [9.17, 15) is 14.7 Å². The fourth-order valence-electron chi connectivity index (χ4n) is 2.33. The first kappa shape index (κ1) is 15.0. The van der Waals surface area contributed by atoms with E-state index in [0.717, 1.165) is 15.6 Å². The average Bonchev–Trinajstić information content (AvgIpc) is 2.43. The van der Waals surface area contributed by atoms with Crippen LogP contribution in [0.2, 0.25) is 0 Å². The molecule has 6 heteroatoms. The fourth-order valence-corrected chi connectivity index (χ4v) is 2.90. The van der Waals surface area contributed by atoms with Crippen molar-refractivity contribution < 1.29 is 19.4 Å². The Labute approximate surface area is 125 Å². The van der Waals surface area contributed by atoms with Crippen LogP contribution in [0.5, 0.6) is 0 Å². The van der Waals surface area contributed by atoms with Gasteiger partial charge in [0.2, 0.25) is 5.91 Å². The summed E-state index contributed by atoms with van der Waals surface area (Å²) in [5.74, 6) is -1.28. The highest BCUT2D eigenvalue weighted by molar-refractivity contribution is 9.10. The van der Waals surface area contributed by atoms with E-state index >= 15 is 0 Å². The topological polar surface area (TPSA) is 66.8 Å². The Morgan fingerprint density at radius 1 is 1.50 bits per heavy atom. The van der Waals surface area contributed by atoms with E-state index in [2.05, 4.69) is 15.9 Å². The van der Waals surface area contributed by atoms with Gasteiger partial charge in [-0.2, -0.15) is 0 Å². The van der Waals surface area contributed by atoms with Crippen LogP contribution in [0.4, 0.5) is 0 Å². The van der Waals surface area contributed by atoms with Gasteiger partial charge in [-0.3, -0.25) is 4.79 Å². The number of ether oxygens (including phenoxy) is 1. The molecule has 1 aromatic carbocycles. The summed E-state index contributed by atoms with van der Waals surface area (Å²) in [4.78, 5) is 24.9. The van der Waals surface area contributed by atoms with Gasteiger partial charge in [-0.15, -0.1) is 0 Å². The van der Waals surface area contributed by atoms with Gasteiger partial charge < -0.3 is 14.7 Å². The van der Waals surface area contributed by atoms with E-state index in [4.69, 9.17) is 4.74 Å². The SMILES string of the molecule is CCOCC(=O)N1Cc2cccc(Br)c2CC1C(=O)O. The average molecular weight is 342 g/mol. The van der Waals surface area contributed by atoms with Gasteiger partial charge in [0.25, 0.3) is 0 Å². The molecule has 0 saturated carbocycles. The van der Waals surface area contributed by atoms with Crippen molar-refractivity contribution in [2.75, 3.05) is 13.2 Å². The molecule has 0 fully saturated rings. The largest absolute Gasteiger partial charge is 0.480 e. The number of benzene rings is 1. The first-order valence-electron chi connectivity index (χ1n) is 6.40. The Balaban J connectivity index is 2.28. The minimum Gasteiger partial charge on any atom is -0.480 e. The molecule has 1 atom stereocenters. The van der Waals surface area contributed by atoms with Crippen molar-refractivity contribution in [2.24, 2.45) is 0 Å². The van der Waals surface area contributed by atoms with Crippen LogP contribution in [0.25, 0.3) is 0 Å². The van der Waals surface area contributed by atoms with Crippen molar-refractivity contribution >= 4 is 27.8 Å². The van der Waals surface area contributed by atoms with Crippen molar-refractivity contribution in [3.63, 3.8) is 0 Å². The molecule has 1 heterocycles. The molecule has 0 spiro atoms. The number of hydrogen-bond donors (Lipinski definition) is 1. The molecule has 1 aliphatic heterocycles. The van der Waals surface area contributed by atoms with Crippen LogP contribution in [0.3, 0.4) is 0 Å². The summed E-state index contributed by atoms with van der Waals surface area (Å²) >= 11 is 3.44. The van der Waals surface area contributed by atoms with Crippen LogP contribution in [-0.2, 0) is 27.3 Å². The first-order valence-corrected chi connectivity index (χ1v) is 7.20. The maximum atomic E-state index is 12.1. The number of amides is 1. The Morgan fingerprint density at radius 3 is 2.90 bits per heavy atom. The van der Waals surface area contributed by atoms with Crippen molar-refractivity contribution in [1.29, 1.82) is 0 Å². The molecule has 1 aromatic rings. The number of carbonyl (C=O) groups is 2. The lowest BCUT2D eigenvalue weighted by atomic mass is 9.94. The quantitative estimate of drug-likeness (QED) is 0.907. The van der Waals surface area contributed by atoms with E-state index in [1.165, 1.54) is 4.90 Å². The minimum atomic E-state index is -0.990. The van der Waals surface area contributed by atoms with Crippen molar-refractivity contribution in [3.05, 3.63) is 33.8 Å². The molecule has 0 saturated heterocycles. The highest BCUT2D eigenvalue weighted by atomic mass is 79.9. The van der Waals surface area contributed by atoms with Gasteiger partial charge >= 0.3 is 5.97 Å². The number of halogens is 1. The van der Waals surface area contributed by atoms with E-state index in [1.54, 1.807) is 6.92 Å². The van der Waals surface area contributed by atoms with Gasteiger partial charge in [-0.1, -0.05) is 28.1 Å². The minimum absolute atomic E-state index is 0.0797.